The number of hydrogen-bond donors (Lipinski definition) is 0. The second-order valence-corrected chi connectivity index (χ2v) is 6.46. The average Bonchev–Trinajstić information content (AvgIpc) is 2.77. The number of rotatable bonds is 5. The summed E-state index contributed by atoms with van der Waals surface area (Å²) in [4.78, 5) is 14.7. The van der Waals surface area contributed by atoms with Gasteiger partial charge in [0.25, 0.3) is 0 Å². The van der Waals surface area contributed by atoms with E-state index in [-0.39, 0.29) is 17.6 Å². The van der Waals surface area contributed by atoms with E-state index in [1.807, 2.05) is 6.92 Å². The Labute approximate surface area is 129 Å². The van der Waals surface area contributed by atoms with Crippen LogP contribution in [0.25, 0.3) is 0 Å². The van der Waals surface area contributed by atoms with Gasteiger partial charge in [-0.2, -0.15) is 0 Å². The zero-order valence-corrected chi connectivity index (χ0v) is 13.7. The van der Waals surface area contributed by atoms with Crippen LogP contribution in [0.3, 0.4) is 0 Å². The molecule has 0 bridgehead atoms. The summed E-state index contributed by atoms with van der Waals surface area (Å²) >= 11 is 0. The van der Waals surface area contributed by atoms with Crippen molar-refractivity contribution in [1.29, 1.82) is 0 Å². The van der Waals surface area contributed by atoms with Crippen LogP contribution in [-0.4, -0.2) is 48.8 Å². The Bertz CT molecular complexity index is 326. The predicted molar refractivity (Wildman–Crippen MR) is 83.3 cm³/mol. The van der Waals surface area contributed by atoms with Crippen LogP contribution < -0.4 is 0 Å². The van der Waals surface area contributed by atoms with Crippen LogP contribution in [0, 0.1) is 0 Å². The molecule has 21 heavy (non-hydrogen) atoms. The van der Waals surface area contributed by atoms with Crippen molar-refractivity contribution in [3.8, 4) is 0 Å². The van der Waals surface area contributed by atoms with E-state index in [1.165, 1.54) is 25.7 Å². The van der Waals surface area contributed by atoms with Crippen LogP contribution in [-0.2, 0) is 14.3 Å². The lowest BCUT2D eigenvalue weighted by molar-refractivity contribution is -0.151. The van der Waals surface area contributed by atoms with Crippen molar-refractivity contribution >= 4 is 5.97 Å². The molecule has 0 aromatic rings. The zero-order chi connectivity index (χ0) is 15.1. The molecule has 4 heteroatoms. The van der Waals surface area contributed by atoms with Crippen LogP contribution in [0.15, 0.2) is 0 Å². The first-order valence-electron chi connectivity index (χ1n) is 8.72. The highest BCUT2D eigenvalue weighted by Crippen LogP contribution is 2.37. The number of esters is 1. The SMILES string of the molecule is CCOC(=O)CC1(N2CCCCCC2)CCOC(CC)C1. The third-order valence-corrected chi connectivity index (χ3v) is 5.04. The van der Waals surface area contributed by atoms with Crippen LogP contribution in [0.5, 0.6) is 0 Å². The molecule has 2 heterocycles. The van der Waals surface area contributed by atoms with Gasteiger partial charge in [-0.15, -0.1) is 0 Å². The summed E-state index contributed by atoms with van der Waals surface area (Å²) in [5.41, 5.74) is -0.0322. The topological polar surface area (TPSA) is 38.8 Å². The van der Waals surface area contributed by atoms with E-state index in [2.05, 4.69) is 11.8 Å². The summed E-state index contributed by atoms with van der Waals surface area (Å²) in [7, 11) is 0. The monoisotopic (exact) mass is 297 g/mol. The standard InChI is InChI=1S/C17H31NO3/c1-3-15-13-17(9-12-21-15,14-16(19)20-4-2)18-10-7-5-6-8-11-18/h15H,3-14H2,1-2H3. The first-order chi connectivity index (χ1) is 10.2. The summed E-state index contributed by atoms with van der Waals surface area (Å²) in [6.45, 7) is 7.55. The van der Waals surface area contributed by atoms with Crippen LogP contribution in [0.1, 0.15) is 65.2 Å². The number of carbonyl (C=O) groups excluding carboxylic acids is 1. The molecule has 0 aromatic heterocycles. The third kappa shape index (κ3) is 4.43. The molecule has 2 aliphatic heterocycles. The maximum atomic E-state index is 12.2. The lowest BCUT2D eigenvalue weighted by Crippen LogP contribution is -2.55. The number of ether oxygens (including phenoxy) is 2. The van der Waals surface area contributed by atoms with Gasteiger partial charge < -0.3 is 9.47 Å². The molecule has 2 aliphatic rings. The Kier molecular flexibility index (Phi) is 6.49. The van der Waals surface area contributed by atoms with Crippen molar-refractivity contribution in [1.82, 2.24) is 4.90 Å². The summed E-state index contributed by atoms with van der Waals surface area (Å²) in [6, 6.07) is 0. The highest BCUT2D eigenvalue weighted by molar-refractivity contribution is 5.71. The van der Waals surface area contributed by atoms with Crippen molar-refractivity contribution in [3.05, 3.63) is 0 Å². The molecular formula is C17H31NO3. The van der Waals surface area contributed by atoms with Crippen molar-refractivity contribution in [2.75, 3.05) is 26.3 Å². The molecule has 0 saturated carbocycles. The van der Waals surface area contributed by atoms with Gasteiger partial charge in [0.2, 0.25) is 0 Å². The molecule has 0 spiro atoms. The van der Waals surface area contributed by atoms with Gasteiger partial charge in [-0.25, -0.2) is 0 Å². The van der Waals surface area contributed by atoms with E-state index in [9.17, 15) is 4.79 Å². The first kappa shape index (κ1) is 16.8. The molecule has 0 aliphatic carbocycles. The minimum absolute atomic E-state index is 0.0322. The second-order valence-electron chi connectivity index (χ2n) is 6.46. The van der Waals surface area contributed by atoms with Gasteiger partial charge in [0, 0.05) is 12.1 Å². The summed E-state index contributed by atoms with van der Waals surface area (Å²) in [5.74, 6) is -0.0431. The Morgan fingerprint density at radius 2 is 1.95 bits per heavy atom. The first-order valence-corrected chi connectivity index (χ1v) is 8.72. The maximum absolute atomic E-state index is 12.2. The fourth-order valence-electron chi connectivity index (χ4n) is 3.85. The lowest BCUT2D eigenvalue weighted by atomic mass is 9.81. The Balaban J connectivity index is 2.13. The average molecular weight is 297 g/mol. The van der Waals surface area contributed by atoms with Crippen LogP contribution in [0.2, 0.25) is 0 Å². The maximum Gasteiger partial charge on any atom is 0.307 e. The quantitative estimate of drug-likeness (QED) is 0.731. The van der Waals surface area contributed by atoms with E-state index in [1.54, 1.807) is 0 Å². The summed E-state index contributed by atoms with van der Waals surface area (Å²) in [6.07, 6.45) is 8.92. The fourth-order valence-corrected chi connectivity index (χ4v) is 3.85. The second kappa shape index (κ2) is 8.14. The molecule has 0 aromatic carbocycles. The van der Waals surface area contributed by atoms with Crippen LogP contribution in [0.4, 0.5) is 0 Å². The normalized spacial score (nSPS) is 31.6. The van der Waals surface area contributed by atoms with Gasteiger partial charge in [-0.05, 0) is 52.1 Å². The summed E-state index contributed by atoms with van der Waals surface area (Å²) in [5, 5.41) is 0. The van der Waals surface area contributed by atoms with E-state index in [4.69, 9.17) is 9.47 Å². The lowest BCUT2D eigenvalue weighted by Gasteiger charge is -2.48. The van der Waals surface area contributed by atoms with E-state index < -0.39 is 0 Å². The molecule has 0 N–H and O–H groups in total. The largest absolute Gasteiger partial charge is 0.466 e. The molecule has 2 rings (SSSR count). The van der Waals surface area contributed by atoms with Crippen molar-refractivity contribution in [3.63, 3.8) is 0 Å². The molecule has 2 saturated heterocycles. The number of carbonyl (C=O) groups is 1. The third-order valence-electron chi connectivity index (χ3n) is 5.04. The fraction of sp³-hybridized carbons (Fsp3) is 0.941. The van der Waals surface area contributed by atoms with E-state index in [0.717, 1.165) is 39.0 Å². The minimum atomic E-state index is -0.0431. The zero-order valence-electron chi connectivity index (χ0n) is 13.7. The molecular weight excluding hydrogens is 266 g/mol. The van der Waals surface area contributed by atoms with Gasteiger partial charge in [0.1, 0.15) is 0 Å². The Morgan fingerprint density at radius 3 is 2.57 bits per heavy atom. The highest BCUT2D eigenvalue weighted by Gasteiger charge is 2.43. The molecule has 0 amide bonds. The molecule has 0 radical (unpaired) electrons. The molecule has 2 fully saturated rings. The van der Waals surface area contributed by atoms with Gasteiger partial charge >= 0.3 is 5.97 Å². The van der Waals surface area contributed by atoms with E-state index >= 15 is 0 Å². The van der Waals surface area contributed by atoms with E-state index in [0.29, 0.717) is 13.0 Å². The van der Waals surface area contributed by atoms with Gasteiger partial charge in [0.05, 0.1) is 19.1 Å². The molecule has 2 atom stereocenters. The molecule has 2 unspecified atom stereocenters. The van der Waals surface area contributed by atoms with Crippen molar-refractivity contribution in [2.45, 2.75) is 76.9 Å². The highest BCUT2D eigenvalue weighted by atomic mass is 16.5. The van der Waals surface area contributed by atoms with Crippen molar-refractivity contribution in [2.24, 2.45) is 0 Å². The number of nitrogens with zero attached hydrogens (tertiary/aromatic N) is 1. The predicted octanol–water partition coefficient (Wildman–Crippen LogP) is 3.14. The number of hydrogen-bond acceptors (Lipinski definition) is 4. The number of likely N-dealkylation sites (tertiary alicyclic amines) is 1. The summed E-state index contributed by atoms with van der Waals surface area (Å²) < 4.78 is 11.1. The van der Waals surface area contributed by atoms with Crippen molar-refractivity contribution < 1.29 is 14.3 Å². The Morgan fingerprint density at radius 1 is 1.24 bits per heavy atom. The molecule has 4 nitrogen and oxygen atoms in total. The Hall–Kier alpha value is -0.610. The smallest absolute Gasteiger partial charge is 0.307 e. The minimum Gasteiger partial charge on any atom is -0.466 e. The van der Waals surface area contributed by atoms with Gasteiger partial charge in [-0.3, -0.25) is 9.69 Å². The molecule has 122 valence electrons. The van der Waals surface area contributed by atoms with Gasteiger partial charge in [-0.1, -0.05) is 19.8 Å². The van der Waals surface area contributed by atoms with Crippen LogP contribution >= 0.6 is 0 Å². The van der Waals surface area contributed by atoms with Gasteiger partial charge in [0.15, 0.2) is 0 Å².